The van der Waals surface area contributed by atoms with Crippen molar-refractivity contribution in [3.05, 3.63) is 54.2 Å². The molecule has 8 heteroatoms. The maximum absolute atomic E-state index is 12.7. The Labute approximate surface area is 144 Å². The third-order valence-corrected chi connectivity index (χ3v) is 3.14. The molecule has 0 aliphatic carbocycles. The monoisotopic (exact) mass is 349 g/mol. The van der Waals surface area contributed by atoms with Gasteiger partial charge in [0.2, 0.25) is 5.91 Å². The lowest BCUT2D eigenvalue weighted by Crippen LogP contribution is -2.42. The number of furan rings is 1. The first-order valence-corrected chi connectivity index (χ1v) is 7.82. The van der Waals surface area contributed by atoms with Crippen LogP contribution in [0, 0.1) is 5.82 Å². The molecule has 3 amide bonds. The lowest BCUT2D eigenvalue weighted by atomic mass is 10.3. The van der Waals surface area contributed by atoms with Gasteiger partial charge in [0.15, 0.2) is 0 Å². The Morgan fingerprint density at radius 2 is 1.88 bits per heavy atom. The normalized spacial score (nSPS) is 10.1. The van der Waals surface area contributed by atoms with Crippen molar-refractivity contribution in [1.29, 1.82) is 0 Å². The summed E-state index contributed by atoms with van der Waals surface area (Å²) < 4.78 is 23.2. The first kappa shape index (κ1) is 18.3. The van der Waals surface area contributed by atoms with Crippen molar-refractivity contribution in [1.82, 2.24) is 16.0 Å². The van der Waals surface area contributed by atoms with Gasteiger partial charge < -0.3 is 25.1 Å². The summed E-state index contributed by atoms with van der Waals surface area (Å²) in [6, 6.07) is 8.73. The van der Waals surface area contributed by atoms with Crippen molar-refractivity contribution < 1.29 is 23.1 Å². The zero-order valence-corrected chi connectivity index (χ0v) is 13.6. The summed E-state index contributed by atoms with van der Waals surface area (Å²) in [5.41, 5.74) is 0. The molecule has 0 atom stereocenters. The summed E-state index contributed by atoms with van der Waals surface area (Å²) >= 11 is 0. The number of urea groups is 1. The standard InChI is InChI=1S/C17H20FN3O4/c18-13-4-6-14(7-5-13)24-10-2-8-19-16(22)12-21-17(23)20-11-15-3-1-9-25-15/h1,3-7,9H,2,8,10-12H2,(H,19,22)(H2,20,21,23). The van der Waals surface area contributed by atoms with Crippen LogP contribution in [0.5, 0.6) is 5.75 Å². The molecule has 2 rings (SSSR count). The summed E-state index contributed by atoms with van der Waals surface area (Å²) in [5, 5.41) is 7.68. The zero-order chi connectivity index (χ0) is 17.9. The van der Waals surface area contributed by atoms with Gasteiger partial charge in [-0.05, 0) is 42.8 Å². The van der Waals surface area contributed by atoms with E-state index in [1.807, 2.05) is 0 Å². The van der Waals surface area contributed by atoms with Crippen molar-refractivity contribution >= 4 is 11.9 Å². The van der Waals surface area contributed by atoms with Gasteiger partial charge in [-0.3, -0.25) is 4.79 Å². The van der Waals surface area contributed by atoms with E-state index in [2.05, 4.69) is 16.0 Å². The lowest BCUT2D eigenvalue weighted by Gasteiger charge is -2.09. The minimum Gasteiger partial charge on any atom is -0.494 e. The molecular formula is C17H20FN3O4. The predicted octanol–water partition coefficient (Wildman–Crippen LogP) is 1.80. The van der Waals surface area contributed by atoms with E-state index >= 15 is 0 Å². The van der Waals surface area contributed by atoms with Gasteiger partial charge in [-0.2, -0.15) is 0 Å². The fourth-order valence-electron chi connectivity index (χ4n) is 1.89. The highest BCUT2D eigenvalue weighted by molar-refractivity contribution is 5.83. The van der Waals surface area contributed by atoms with E-state index in [4.69, 9.17) is 9.15 Å². The zero-order valence-electron chi connectivity index (χ0n) is 13.6. The van der Waals surface area contributed by atoms with Gasteiger partial charge in [0.05, 0.1) is 26.0 Å². The number of rotatable bonds is 9. The van der Waals surface area contributed by atoms with E-state index in [0.717, 1.165) is 0 Å². The third kappa shape index (κ3) is 7.38. The molecule has 0 saturated carbocycles. The molecule has 134 valence electrons. The fraction of sp³-hybridized carbons (Fsp3) is 0.294. The number of carbonyl (C=O) groups is 2. The highest BCUT2D eigenvalue weighted by Gasteiger charge is 2.05. The summed E-state index contributed by atoms with van der Waals surface area (Å²) in [6.45, 7) is 0.933. The average molecular weight is 349 g/mol. The van der Waals surface area contributed by atoms with Gasteiger partial charge in [0.1, 0.15) is 17.3 Å². The molecule has 0 unspecified atom stereocenters. The molecule has 0 radical (unpaired) electrons. The second-order valence-electron chi connectivity index (χ2n) is 5.12. The van der Waals surface area contributed by atoms with Crippen LogP contribution in [-0.2, 0) is 11.3 Å². The van der Waals surface area contributed by atoms with Crippen LogP contribution in [0.25, 0.3) is 0 Å². The Morgan fingerprint density at radius 3 is 2.60 bits per heavy atom. The van der Waals surface area contributed by atoms with Crippen LogP contribution in [-0.4, -0.2) is 31.6 Å². The molecule has 0 saturated heterocycles. The predicted molar refractivity (Wildman–Crippen MR) is 88.5 cm³/mol. The quantitative estimate of drug-likeness (QED) is 0.602. The maximum atomic E-state index is 12.7. The molecule has 3 N–H and O–H groups in total. The maximum Gasteiger partial charge on any atom is 0.315 e. The molecule has 0 spiro atoms. The number of nitrogens with one attached hydrogen (secondary N) is 3. The van der Waals surface area contributed by atoms with Crippen LogP contribution in [0.1, 0.15) is 12.2 Å². The van der Waals surface area contributed by atoms with Crippen molar-refractivity contribution in [2.75, 3.05) is 19.7 Å². The molecule has 0 fully saturated rings. The van der Waals surface area contributed by atoms with Gasteiger partial charge in [-0.15, -0.1) is 0 Å². The van der Waals surface area contributed by atoms with E-state index in [-0.39, 0.29) is 24.8 Å². The largest absolute Gasteiger partial charge is 0.494 e. The number of carbonyl (C=O) groups excluding carboxylic acids is 2. The molecule has 25 heavy (non-hydrogen) atoms. The second kappa shape index (κ2) is 9.96. The van der Waals surface area contributed by atoms with Crippen LogP contribution in [0.2, 0.25) is 0 Å². The van der Waals surface area contributed by atoms with Crippen molar-refractivity contribution in [2.45, 2.75) is 13.0 Å². The topological polar surface area (TPSA) is 92.6 Å². The molecule has 1 aromatic carbocycles. The molecule has 0 aliphatic heterocycles. The molecule has 7 nitrogen and oxygen atoms in total. The van der Waals surface area contributed by atoms with Crippen LogP contribution < -0.4 is 20.7 Å². The Hall–Kier alpha value is -3.03. The van der Waals surface area contributed by atoms with Crippen LogP contribution >= 0.6 is 0 Å². The number of hydrogen-bond acceptors (Lipinski definition) is 4. The van der Waals surface area contributed by atoms with Crippen molar-refractivity contribution in [3.8, 4) is 5.75 Å². The molecule has 0 bridgehead atoms. The Kier molecular flexibility index (Phi) is 7.30. The molecule has 0 aliphatic rings. The van der Waals surface area contributed by atoms with E-state index in [9.17, 15) is 14.0 Å². The number of halogens is 1. The van der Waals surface area contributed by atoms with Crippen LogP contribution in [0.3, 0.4) is 0 Å². The summed E-state index contributed by atoms with van der Waals surface area (Å²) in [7, 11) is 0. The number of ether oxygens (including phenoxy) is 1. The van der Waals surface area contributed by atoms with Gasteiger partial charge in [0, 0.05) is 6.54 Å². The first-order chi connectivity index (χ1) is 12.1. The molecule has 2 aromatic rings. The summed E-state index contributed by atoms with van der Waals surface area (Å²) in [4.78, 5) is 23.1. The highest BCUT2D eigenvalue weighted by atomic mass is 19.1. The van der Waals surface area contributed by atoms with Crippen molar-refractivity contribution in [2.24, 2.45) is 0 Å². The second-order valence-corrected chi connectivity index (χ2v) is 5.12. The Balaban J connectivity index is 1.49. The smallest absolute Gasteiger partial charge is 0.315 e. The van der Waals surface area contributed by atoms with Gasteiger partial charge in [-0.25, -0.2) is 9.18 Å². The third-order valence-electron chi connectivity index (χ3n) is 3.14. The summed E-state index contributed by atoms with van der Waals surface area (Å²) in [6.07, 6.45) is 2.11. The molecule has 1 heterocycles. The fourth-order valence-corrected chi connectivity index (χ4v) is 1.89. The van der Waals surface area contributed by atoms with Crippen LogP contribution in [0.15, 0.2) is 47.1 Å². The minimum absolute atomic E-state index is 0.122. The van der Waals surface area contributed by atoms with Crippen LogP contribution in [0.4, 0.5) is 9.18 Å². The van der Waals surface area contributed by atoms with Gasteiger partial charge >= 0.3 is 6.03 Å². The summed E-state index contributed by atoms with van der Waals surface area (Å²) in [5.74, 6) is 0.582. The van der Waals surface area contributed by atoms with E-state index in [1.54, 1.807) is 24.3 Å². The Morgan fingerprint density at radius 1 is 1.08 bits per heavy atom. The lowest BCUT2D eigenvalue weighted by molar-refractivity contribution is -0.120. The average Bonchev–Trinajstić information content (AvgIpc) is 3.13. The SMILES string of the molecule is O=C(CNC(=O)NCc1ccco1)NCCCOc1ccc(F)cc1. The minimum atomic E-state index is -0.453. The number of benzene rings is 1. The first-order valence-electron chi connectivity index (χ1n) is 7.82. The molecular weight excluding hydrogens is 329 g/mol. The van der Waals surface area contributed by atoms with Crippen molar-refractivity contribution in [3.63, 3.8) is 0 Å². The highest BCUT2D eigenvalue weighted by Crippen LogP contribution is 2.10. The van der Waals surface area contributed by atoms with Gasteiger partial charge in [-0.1, -0.05) is 0 Å². The van der Waals surface area contributed by atoms with E-state index in [0.29, 0.717) is 31.1 Å². The molecule has 1 aromatic heterocycles. The Bertz CT molecular complexity index is 659. The van der Waals surface area contributed by atoms with E-state index < -0.39 is 6.03 Å². The number of hydrogen-bond donors (Lipinski definition) is 3. The van der Waals surface area contributed by atoms with Gasteiger partial charge in [0.25, 0.3) is 0 Å². The number of amides is 3. The van der Waals surface area contributed by atoms with E-state index in [1.165, 1.54) is 18.4 Å².